The molecule has 0 atom stereocenters. The number of benzene rings is 16. The minimum absolute atomic E-state index is 0.120. The van der Waals surface area contributed by atoms with Crippen LogP contribution in [-0.2, 0) is 32.5 Å². The molecule has 0 unspecified atom stereocenters. The number of anilines is 6. The van der Waals surface area contributed by atoms with Crippen LogP contribution < -0.4 is 9.80 Å². The smallest absolute Gasteiger partial charge is 0.0540 e. The monoisotopic (exact) mass is 1490 g/mol. The fourth-order valence-corrected chi connectivity index (χ4v) is 22.5. The Morgan fingerprint density at radius 2 is 0.422 bits per heavy atom. The summed E-state index contributed by atoms with van der Waals surface area (Å²) in [6.07, 6.45) is 0. The predicted molar refractivity (Wildman–Crippen MR) is 488 cm³/mol. The van der Waals surface area contributed by atoms with Crippen LogP contribution in [-0.4, -0.2) is 0 Å². The summed E-state index contributed by atoms with van der Waals surface area (Å²) in [7, 11) is 0. The largest absolute Gasteiger partial charge is 0.310 e. The highest BCUT2D eigenvalue weighted by Gasteiger charge is 2.45. The molecule has 0 aromatic heterocycles. The summed E-state index contributed by atoms with van der Waals surface area (Å²) in [5.74, 6) is 0. The first-order valence-corrected chi connectivity index (χ1v) is 41.6. The van der Waals surface area contributed by atoms with Gasteiger partial charge in [0.2, 0.25) is 0 Å². The molecule has 0 radical (unpaired) electrons. The first-order chi connectivity index (χ1) is 56.1. The lowest BCUT2D eigenvalue weighted by Gasteiger charge is -2.35. The Kier molecular flexibility index (Phi) is 14.9. The van der Waals surface area contributed by atoms with Crippen molar-refractivity contribution in [2.75, 3.05) is 9.80 Å². The van der Waals surface area contributed by atoms with E-state index < -0.39 is 0 Å². The van der Waals surface area contributed by atoms with E-state index in [1.807, 2.05) is 0 Å². The maximum atomic E-state index is 2.62. The molecule has 0 spiro atoms. The normalized spacial score (nSPS) is 15.7. The molecule has 0 N–H and O–H groups in total. The van der Waals surface area contributed by atoms with Crippen molar-refractivity contribution in [2.45, 2.75) is 116 Å². The van der Waals surface area contributed by atoms with Gasteiger partial charge < -0.3 is 9.80 Å². The highest BCUT2D eigenvalue weighted by molar-refractivity contribution is 6.05. The van der Waals surface area contributed by atoms with Crippen LogP contribution in [0.25, 0.3) is 122 Å². The van der Waals surface area contributed by atoms with Crippen LogP contribution in [0.4, 0.5) is 34.1 Å². The van der Waals surface area contributed by atoms with Crippen molar-refractivity contribution in [1.29, 1.82) is 0 Å². The van der Waals surface area contributed by atoms with E-state index in [1.54, 1.807) is 0 Å². The summed E-state index contributed by atoms with van der Waals surface area (Å²) < 4.78 is 0. The van der Waals surface area contributed by atoms with Gasteiger partial charge in [-0.05, 0) is 239 Å². The van der Waals surface area contributed by atoms with Crippen LogP contribution in [0.2, 0.25) is 0 Å². The second kappa shape index (κ2) is 24.8. The Labute approximate surface area is 683 Å². The zero-order valence-electron chi connectivity index (χ0n) is 68.2. The molecular formula is C114H92N2. The molecular weight excluding hydrogens is 1400 g/mol. The van der Waals surface area contributed by atoms with E-state index in [1.165, 1.54) is 201 Å². The minimum Gasteiger partial charge on any atom is -0.310 e. The third kappa shape index (κ3) is 9.77. The van der Waals surface area contributed by atoms with E-state index in [4.69, 9.17) is 0 Å². The molecule has 6 aliphatic rings. The number of para-hydroxylation sites is 3. The molecule has 2 nitrogen and oxygen atoms in total. The van der Waals surface area contributed by atoms with Crippen molar-refractivity contribution in [3.05, 3.63) is 406 Å². The first-order valence-electron chi connectivity index (χ1n) is 41.6. The maximum absolute atomic E-state index is 2.62. The zero-order valence-corrected chi connectivity index (χ0v) is 68.2. The second-order valence-electron chi connectivity index (χ2n) is 36.6. The Bertz CT molecular complexity index is 6920. The standard InChI is InChI=1S/C114H92N2/c1-109(2)93-48-23-16-40-88(93)105-85(42-28-49-94(105)109)83-39-19-26-53-102(83)116(104-55-31-44-87-78-37-15-22-47-92(78)114(11,12)108(87)104)100-51-24-17-34-75(100)73-59-62-81-80-61-57-71(66-97(80)112(7,8)98(81)68-73)72-58-63-89-99(67-72)111(5,6)95-50-29-41-84(106(89)95)82-38-18-25-52-101(82)115(103-54-30-43-86-77-36-14-21-46-91(77)113(9,10)107(86)103)74-33-27-32-69(64-74)70-56-60-79-76-35-13-20-45-90(76)110(3,4)96(79)65-70/h13-68H,1-12H3. The second-order valence-corrected chi connectivity index (χ2v) is 36.6. The molecule has 558 valence electrons. The molecule has 0 heterocycles. The van der Waals surface area contributed by atoms with E-state index in [-0.39, 0.29) is 32.5 Å². The van der Waals surface area contributed by atoms with Crippen molar-refractivity contribution < 1.29 is 0 Å². The molecule has 2 heteroatoms. The number of hydrogen-bond acceptors (Lipinski definition) is 2. The molecule has 22 rings (SSSR count). The van der Waals surface area contributed by atoms with Crippen LogP contribution >= 0.6 is 0 Å². The number of rotatable bonds is 11. The fourth-order valence-electron chi connectivity index (χ4n) is 22.5. The van der Waals surface area contributed by atoms with Gasteiger partial charge in [0.05, 0.1) is 28.4 Å². The highest BCUT2D eigenvalue weighted by atomic mass is 15.2. The van der Waals surface area contributed by atoms with Crippen LogP contribution in [0.15, 0.2) is 340 Å². The lowest BCUT2D eigenvalue weighted by molar-refractivity contribution is 0.659. The van der Waals surface area contributed by atoms with E-state index in [0.29, 0.717) is 0 Å². The lowest BCUT2D eigenvalue weighted by Crippen LogP contribution is -2.21. The predicted octanol–water partition coefficient (Wildman–Crippen LogP) is 30.8. The van der Waals surface area contributed by atoms with Gasteiger partial charge in [-0.25, -0.2) is 0 Å². The fraction of sp³-hybridized carbons (Fsp3) is 0.158. The molecule has 6 aliphatic carbocycles. The average molecular weight is 1490 g/mol. The molecule has 0 fully saturated rings. The zero-order chi connectivity index (χ0) is 78.8. The molecule has 0 aliphatic heterocycles. The summed E-state index contributed by atoms with van der Waals surface area (Å²) in [6.45, 7) is 29.0. The SMILES string of the molecule is CC1(C)c2ccccc2-c2ccc(-c3cccc(N(c4ccccc4-c4cccc5c4-c4ccc(-c6ccc7c(c6)C(C)(C)c6cc(-c8ccccc8N(c8ccccc8-c8cccc9c8-c8ccccc8C9(C)C)c8cccc9c8C(C)(C)c8ccccc8-9)ccc6-7)cc4C5(C)C)c4cccc5c4C(C)(C)c4ccccc4-5)c3)cc21. The lowest BCUT2D eigenvalue weighted by atomic mass is 9.79. The average Bonchev–Trinajstić information content (AvgIpc) is 1.46. The molecule has 16 aromatic carbocycles. The Morgan fingerprint density at radius 1 is 0.155 bits per heavy atom. The summed E-state index contributed by atoms with van der Waals surface area (Å²) in [6, 6.07) is 130. The van der Waals surface area contributed by atoms with E-state index >= 15 is 0 Å². The number of fused-ring (bicyclic) bond motifs is 18. The van der Waals surface area contributed by atoms with E-state index in [0.717, 1.165) is 22.7 Å². The van der Waals surface area contributed by atoms with Crippen LogP contribution in [0, 0.1) is 0 Å². The topological polar surface area (TPSA) is 6.48 Å². The van der Waals surface area contributed by atoms with Crippen LogP contribution in [0.3, 0.4) is 0 Å². The Balaban J connectivity index is 0.637. The molecule has 0 bridgehead atoms. The van der Waals surface area contributed by atoms with Gasteiger partial charge in [-0.3, -0.25) is 0 Å². The Morgan fingerprint density at radius 3 is 0.922 bits per heavy atom. The summed E-state index contributed by atoms with van der Waals surface area (Å²) in [5, 5.41) is 0. The third-order valence-corrected chi connectivity index (χ3v) is 28.3. The maximum Gasteiger partial charge on any atom is 0.0540 e. The van der Waals surface area contributed by atoms with Gasteiger partial charge >= 0.3 is 0 Å². The van der Waals surface area contributed by atoms with Crippen molar-refractivity contribution in [3.8, 4) is 122 Å². The molecule has 116 heavy (non-hydrogen) atoms. The third-order valence-electron chi connectivity index (χ3n) is 28.3. The Hall–Kier alpha value is -12.9. The van der Waals surface area contributed by atoms with Gasteiger partial charge in [-0.2, -0.15) is 0 Å². The quantitative estimate of drug-likeness (QED) is 0.127. The van der Waals surface area contributed by atoms with Crippen LogP contribution in [0.1, 0.15) is 150 Å². The van der Waals surface area contributed by atoms with E-state index in [9.17, 15) is 0 Å². The number of nitrogens with zero attached hydrogens (tertiary/aromatic N) is 2. The van der Waals surface area contributed by atoms with Crippen LogP contribution in [0.5, 0.6) is 0 Å². The highest BCUT2D eigenvalue weighted by Crippen LogP contribution is 2.63. The van der Waals surface area contributed by atoms with Gasteiger partial charge in [0.15, 0.2) is 0 Å². The van der Waals surface area contributed by atoms with Gasteiger partial charge in [0.25, 0.3) is 0 Å². The summed E-state index contributed by atoms with van der Waals surface area (Å²) in [4.78, 5) is 5.22. The molecule has 0 amide bonds. The van der Waals surface area contributed by atoms with Crippen molar-refractivity contribution in [2.24, 2.45) is 0 Å². The van der Waals surface area contributed by atoms with Gasteiger partial charge in [-0.1, -0.05) is 356 Å². The summed E-state index contributed by atoms with van der Waals surface area (Å²) in [5.41, 5.74) is 49.6. The number of hydrogen-bond donors (Lipinski definition) is 0. The molecule has 16 aromatic rings. The van der Waals surface area contributed by atoms with Crippen molar-refractivity contribution >= 4 is 34.1 Å². The van der Waals surface area contributed by atoms with Crippen molar-refractivity contribution in [3.63, 3.8) is 0 Å². The van der Waals surface area contributed by atoms with Crippen molar-refractivity contribution in [1.82, 2.24) is 0 Å². The first kappa shape index (κ1) is 69.8. The molecule has 0 saturated carbocycles. The van der Waals surface area contributed by atoms with Gasteiger partial charge in [0, 0.05) is 54.9 Å². The van der Waals surface area contributed by atoms with Gasteiger partial charge in [-0.15, -0.1) is 0 Å². The molecule has 0 saturated heterocycles. The summed E-state index contributed by atoms with van der Waals surface area (Å²) >= 11 is 0. The minimum atomic E-state index is -0.318. The van der Waals surface area contributed by atoms with Gasteiger partial charge in [0.1, 0.15) is 0 Å². The van der Waals surface area contributed by atoms with E-state index in [2.05, 4.69) is 433 Å².